The summed E-state index contributed by atoms with van der Waals surface area (Å²) in [5.41, 5.74) is 0.798. The molecule has 16 heavy (non-hydrogen) atoms. The fourth-order valence-electron chi connectivity index (χ4n) is 3.70. The first kappa shape index (κ1) is 11.1. The third kappa shape index (κ3) is 2.61. The molecular weight excluding hydrogens is 194 g/mol. The van der Waals surface area contributed by atoms with Gasteiger partial charge in [0, 0.05) is 6.54 Å². The van der Waals surface area contributed by atoms with Gasteiger partial charge in [0.2, 0.25) is 0 Å². The van der Waals surface area contributed by atoms with E-state index in [2.05, 4.69) is 5.32 Å². The molecular formula is C15H27N. The fraction of sp³-hybridized carbons (Fsp3) is 1.00. The summed E-state index contributed by atoms with van der Waals surface area (Å²) in [4.78, 5) is 0. The van der Waals surface area contributed by atoms with Gasteiger partial charge in [0.05, 0.1) is 0 Å². The molecule has 0 unspecified atom stereocenters. The number of nitrogens with one attached hydrogen (secondary N) is 1. The smallest absolute Gasteiger partial charge is 0.00105 e. The van der Waals surface area contributed by atoms with Crippen molar-refractivity contribution in [3.05, 3.63) is 0 Å². The molecule has 0 aromatic carbocycles. The molecule has 3 aliphatic rings. The molecule has 0 bridgehead atoms. The SMILES string of the molecule is C1CCC(CCNCC2(C3CC3)CC2)CC1. The lowest BCUT2D eigenvalue weighted by Crippen LogP contribution is -2.27. The summed E-state index contributed by atoms with van der Waals surface area (Å²) in [5.74, 6) is 2.17. The largest absolute Gasteiger partial charge is 0.316 e. The third-order valence-electron chi connectivity index (χ3n) is 5.27. The van der Waals surface area contributed by atoms with E-state index in [0.717, 1.165) is 17.3 Å². The van der Waals surface area contributed by atoms with Gasteiger partial charge in [0.15, 0.2) is 0 Å². The van der Waals surface area contributed by atoms with Gasteiger partial charge in [0.25, 0.3) is 0 Å². The minimum atomic E-state index is 0.798. The van der Waals surface area contributed by atoms with E-state index in [-0.39, 0.29) is 0 Å². The van der Waals surface area contributed by atoms with Gasteiger partial charge in [-0.3, -0.25) is 0 Å². The average molecular weight is 221 g/mol. The second kappa shape index (κ2) is 4.68. The molecule has 0 radical (unpaired) electrons. The van der Waals surface area contributed by atoms with Crippen LogP contribution in [0.1, 0.15) is 64.2 Å². The van der Waals surface area contributed by atoms with Gasteiger partial charge in [-0.05, 0) is 55.9 Å². The van der Waals surface area contributed by atoms with Crippen molar-refractivity contribution < 1.29 is 0 Å². The van der Waals surface area contributed by atoms with Crippen LogP contribution in [-0.4, -0.2) is 13.1 Å². The Hall–Kier alpha value is -0.0400. The second-order valence-corrected chi connectivity index (χ2v) is 6.61. The molecule has 0 saturated heterocycles. The van der Waals surface area contributed by atoms with Gasteiger partial charge >= 0.3 is 0 Å². The van der Waals surface area contributed by atoms with E-state index in [1.807, 2.05) is 0 Å². The number of hydrogen-bond acceptors (Lipinski definition) is 1. The van der Waals surface area contributed by atoms with Crippen LogP contribution >= 0.6 is 0 Å². The monoisotopic (exact) mass is 221 g/mol. The summed E-state index contributed by atoms with van der Waals surface area (Å²) in [6, 6.07) is 0. The molecule has 3 aliphatic carbocycles. The molecule has 1 heteroatoms. The Bertz CT molecular complexity index is 222. The zero-order valence-corrected chi connectivity index (χ0v) is 10.6. The summed E-state index contributed by atoms with van der Waals surface area (Å²) in [6.07, 6.45) is 15.1. The predicted octanol–water partition coefficient (Wildman–Crippen LogP) is 3.74. The van der Waals surface area contributed by atoms with Crippen molar-refractivity contribution >= 4 is 0 Å². The number of rotatable bonds is 6. The molecule has 0 aromatic heterocycles. The fourth-order valence-corrected chi connectivity index (χ4v) is 3.70. The van der Waals surface area contributed by atoms with Crippen molar-refractivity contribution in [3.8, 4) is 0 Å². The van der Waals surface area contributed by atoms with Crippen LogP contribution in [0.5, 0.6) is 0 Å². The molecule has 0 atom stereocenters. The Balaban J connectivity index is 1.29. The summed E-state index contributed by atoms with van der Waals surface area (Å²) >= 11 is 0. The first-order valence-corrected chi connectivity index (χ1v) is 7.60. The van der Waals surface area contributed by atoms with E-state index in [0.29, 0.717) is 0 Å². The number of hydrogen-bond donors (Lipinski definition) is 1. The molecule has 92 valence electrons. The Morgan fingerprint density at radius 1 is 0.938 bits per heavy atom. The van der Waals surface area contributed by atoms with Crippen LogP contribution in [0.25, 0.3) is 0 Å². The first-order chi connectivity index (χ1) is 7.89. The van der Waals surface area contributed by atoms with Gasteiger partial charge in [0.1, 0.15) is 0 Å². The molecule has 0 aromatic rings. The van der Waals surface area contributed by atoms with Crippen molar-refractivity contribution in [2.75, 3.05) is 13.1 Å². The van der Waals surface area contributed by atoms with Gasteiger partial charge < -0.3 is 5.32 Å². The Kier molecular flexibility index (Phi) is 3.24. The second-order valence-electron chi connectivity index (χ2n) is 6.61. The quantitative estimate of drug-likeness (QED) is 0.674. The highest BCUT2D eigenvalue weighted by Crippen LogP contribution is 2.60. The van der Waals surface area contributed by atoms with E-state index in [1.54, 1.807) is 0 Å². The van der Waals surface area contributed by atoms with Crippen LogP contribution in [0.2, 0.25) is 0 Å². The normalized spacial score (nSPS) is 29.2. The molecule has 1 N–H and O–H groups in total. The standard InChI is InChI=1S/C15H27N/c1-2-4-13(5-3-1)8-11-16-12-15(9-10-15)14-6-7-14/h13-14,16H,1-12H2. The van der Waals surface area contributed by atoms with Crippen LogP contribution in [0.15, 0.2) is 0 Å². The molecule has 0 amide bonds. The van der Waals surface area contributed by atoms with Crippen LogP contribution in [0, 0.1) is 17.3 Å². The third-order valence-corrected chi connectivity index (χ3v) is 5.27. The molecule has 0 aliphatic heterocycles. The molecule has 1 nitrogen and oxygen atoms in total. The van der Waals surface area contributed by atoms with Crippen molar-refractivity contribution in [2.45, 2.75) is 64.2 Å². The topological polar surface area (TPSA) is 12.0 Å². The highest BCUT2D eigenvalue weighted by Gasteiger charge is 2.53. The molecule has 0 spiro atoms. The van der Waals surface area contributed by atoms with Crippen LogP contribution in [0.4, 0.5) is 0 Å². The summed E-state index contributed by atoms with van der Waals surface area (Å²) < 4.78 is 0. The maximum absolute atomic E-state index is 3.76. The van der Waals surface area contributed by atoms with Gasteiger partial charge in [-0.15, -0.1) is 0 Å². The summed E-state index contributed by atoms with van der Waals surface area (Å²) in [7, 11) is 0. The maximum atomic E-state index is 3.76. The van der Waals surface area contributed by atoms with Crippen molar-refractivity contribution in [2.24, 2.45) is 17.3 Å². The van der Waals surface area contributed by atoms with E-state index in [4.69, 9.17) is 0 Å². The van der Waals surface area contributed by atoms with E-state index >= 15 is 0 Å². The molecule has 3 rings (SSSR count). The lowest BCUT2D eigenvalue weighted by atomic mass is 9.87. The van der Waals surface area contributed by atoms with E-state index in [1.165, 1.54) is 77.3 Å². The zero-order valence-electron chi connectivity index (χ0n) is 10.6. The first-order valence-electron chi connectivity index (χ1n) is 7.60. The van der Waals surface area contributed by atoms with Crippen LogP contribution in [0.3, 0.4) is 0 Å². The van der Waals surface area contributed by atoms with Gasteiger partial charge in [-0.25, -0.2) is 0 Å². The van der Waals surface area contributed by atoms with E-state index < -0.39 is 0 Å². The highest BCUT2D eigenvalue weighted by atomic mass is 14.9. The van der Waals surface area contributed by atoms with Gasteiger partial charge in [-0.1, -0.05) is 32.1 Å². The molecule has 3 saturated carbocycles. The lowest BCUT2D eigenvalue weighted by molar-refractivity contribution is 0.323. The Labute approximate surface area is 100 Å². The van der Waals surface area contributed by atoms with Crippen molar-refractivity contribution in [3.63, 3.8) is 0 Å². The Morgan fingerprint density at radius 2 is 1.69 bits per heavy atom. The van der Waals surface area contributed by atoms with E-state index in [9.17, 15) is 0 Å². The minimum absolute atomic E-state index is 0.798. The summed E-state index contributed by atoms with van der Waals surface area (Å²) in [5, 5.41) is 3.76. The lowest BCUT2D eigenvalue weighted by Gasteiger charge is -2.22. The predicted molar refractivity (Wildman–Crippen MR) is 68.5 cm³/mol. The van der Waals surface area contributed by atoms with Crippen molar-refractivity contribution in [1.82, 2.24) is 5.32 Å². The zero-order chi connectivity index (χ0) is 10.8. The maximum Gasteiger partial charge on any atom is 0.00105 e. The Morgan fingerprint density at radius 3 is 2.31 bits per heavy atom. The van der Waals surface area contributed by atoms with Gasteiger partial charge in [-0.2, -0.15) is 0 Å². The van der Waals surface area contributed by atoms with Crippen LogP contribution < -0.4 is 5.32 Å². The molecule has 0 heterocycles. The highest BCUT2D eigenvalue weighted by molar-refractivity contribution is 5.04. The van der Waals surface area contributed by atoms with Crippen LogP contribution in [-0.2, 0) is 0 Å². The minimum Gasteiger partial charge on any atom is -0.316 e. The average Bonchev–Trinajstić information content (AvgIpc) is 3.17. The molecule has 3 fully saturated rings. The summed E-state index contributed by atoms with van der Waals surface area (Å²) in [6.45, 7) is 2.63. The van der Waals surface area contributed by atoms with Crippen molar-refractivity contribution in [1.29, 1.82) is 0 Å².